The van der Waals surface area contributed by atoms with Crippen LogP contribution in [0.5, 0.6) is 0 Å². The summed E-state index contributed by atoms with van der Waals surface area (Å²) in [6, 6.07) is -0.203. The third kappa shape index (κ3) is 3.17. The Morgan fingerprint density at radius 3 is 2.67 bits per heavy atom. The highest BCUT2D eigenvalue weighted by Crippen LogP contribution is 2.07. The molecule has 1 saturated heterocycles. The Hall–Kier alpha value is -1.14. The van der Waals surface area contributed by atoms with Crippen LogP contribution in [0.2, 0.25) is 0 Å². The maximum absolute atomic E-state index is 11.6. The lowest BCUT2D eigenvalue weighted by Crippen LogP contribution is -2.47. The van der Waals surface area contributed by atoms with Gasteiger partial charge in [-0.1, -0.05) is 0 Å². The molecule has 0 aromatic heterocycles. The Bertz CT molecular complexity index is 257. The monoisotopic (exact) mass is 215 g/mol. The number of nitrogens with one attached hydrogen (secondary N) is 2. The minimum Gasteiger partial charge on any atom is -0.390 e. The van der Waals surface area contributed by atoms with E-state index in [1.807, 2.05) is 0 Å². The molecule has 0 saturated carbocycles. The summed E-state index contributed by atoms with van der Waals surface area (Å²) in [6.45, 7) is 2.43. The molecule has 0 aromatic rings. The first-order chi connectivity index (χ1) is 7.02. The summed E-state index contributed by atoms with van der Waals surface area (Å²) >= 11 is 0. The predicted octanol–water partition coefficient (Wildman–Crippen LogP) is -2.09. The standard InChI is InChI=1S/C9H17N3O3/c1-6(13)11-5-9(15)12(2)7-3-10-4-8(7)14/h7-8,10,14H,3-5H2,1-2H3,(H,11,13)/t7-,8-/m0/s1. The van der Waals surface area contributed by atoms with Crippen molar-refractivity contribution in [1.82, 2.24) is 15.5 Å². The molecule has 0 aliphatic carbocycles. The van der Waals surface area contributed by atoms with Gasteiger partial charge in [-0.2, -0.15) is 0 Å². The van der Waals surface area contributed by atoms with Crippen LogP contribution in [0.25, 0.3) is 0 Å². The Labute approximate surface area is 88.6 Å². The van der Waals surface area contributed by atoms with Gasteiger partial charge < -0.3 is 20.6 Å². The number of β-amino-alcohol motifs (C(OH)–C–C–N with tert-alkyl or cyclic N) is 1. The van der Waals surface area contributed by atoms with Crippen molar-refractivity contribution in [2.45, 2.75) is 19.1 Å². The van der Waals surface area contributed by atoms with Crippen molar-refractivity contribution < 1.29 is 14.7 Å². The molecule has 0 unspecified atom stereocenters. The van der Waals surface area contributed by atoms with Gasteiger partial charge in [0, 0.05) is 27.1 Å². The largest absolute Gasteiger partial charge is 0.390 e. The Morgan fingerprint density at radius 1 is 1.53 bits per heavy atom. The number of rotatable bonds is 3. The summed E-state index contributed by atoms with van der Waals surface area (Å²) in [5.41, 5.74) is 0. The minimum absolute atomic E-state index is 0.0188. The maximum Gasteiger partial charge on any atom is 0.242 e. The number of carbonyl (C=O) groups is 2. The lowest BCUT2D eigenvalue weighted by molar-refractivity contribution is -0.134. The fourth-order valence-corrected chi connectivity index (χ4v) is 1.56. The molecule has 15 heavy (non-hydrogen) atoms. The molecule has 0 aromatic carbocycles. The number of hydrogen-bond donors (Lipinski definition) is 3. The molecule has 3 N–H and O–H groups in total. The highest BCUT2D eigenvalue weighted by atomic mass is 16.3. The van der Waals surface area contributed by atoms with E-state index in [0.717, 1.165) is 0 Å². The number of likely N-dealkylation sites (N-methyl/N-ethyl adjacent to an activating group) is 1. The molecule has 1 rings (SSSR count). The van der Waals surface area contributed by atoms with Crippen LogP contribution in [0, 0.1) is 0 Å². The van der Waals surface area contributed by atoms with Crippen LogP contribution in [0.15, 0.2) is 0 Å². The van der Waals surface area contributed by atoms with Crippen LogP contribution < -0.4 is 10.6 Å². The average Bonchev–Trinajstić information content (AvgIpc) is 2.59. The van der Waals surface area contributed by atoms with Crippen molar-refractivity contribution >= 4 is 11.8 Å². The van der Waals surface area contributed by atoms with Gasteiger partial charge in [-0.15, -0.1) is 0 Å². The zero-order valence-electron chi connectivity index (χ0n) is 8.99. The van der Waals surface area contributed by atoms with E-state index in [-0.39, 0.29) is 24.4 Å². The molecule has 2 amide bonds. The quantitative estimate of drug-likeness (QED) is 0.504. The molecule has 0 radical (unpaired) electrons. The first-order valence-corrected chi connectivity index (χ1v) is 4.91. The topological polar surface area (TPSA) is 81.7 Å². The summed E-state index contributed by atoms with van der Waals surface area (Å²) in [6.07, 6.45) is -0.531. The van der Waals surface area contributed by atoms with Gasteiger partial charge in [0.05, 0.1) is 18.7 Å². The molecular formula is C9H17N3O3. The molecule has 1 fully saturated rings. The van der Waals surface area contributed by atoms with Crippen LogP contribution in [0.4, 0.5) is 0 Å². The van der Waals surface area contributed by atoms with Crippen molar-refractivity contribution in [1.29, 1.82) is 0 Å². The zero-order chi connectivity index (χ0) is 11.4. The molecule has 86 valence electrons. The van der Waals surface area contributed by atoms with E-state index in [4.69, 9.17) is 0 Å². The number of aliphatic hydroxyl groups is 1. The Kier molecular flexibility index (Phi) is 4.05. The molecular weight excluding hydrogens is 198 g/mol. The smallest absolute Gasteiger partial charge is 0.242 e. The highest BCUT2D eigenvalue weighted by molar-refractivity contribution is 5.83. The third-order valence-corrected chi connectivity index (χ3v) is 2.53. The van der Waals surface area contributed by atoms with Crippen LogP contribution >= 0.6 is 0 Å². The van der Waals surface area contributed by atoms with Crippen molar-refractivity contribution in [2.24, 2.45) is 0 Å². The number of amides is 2. The molecule has 1 heterocycles. The second-order valence-electron chi connectivity index (χ2n) is 3.71. The molecule has 0 spiro atoms. The van der Waals surface area contributed by atoms with E-state index in [2.05, 4.69) is 10.6 Å². The van der Waals surface area contributed by atoms with Crippen molar-refractivity contribution in [2.75, 3.05) is 26.7 Å². The highest BCUT2D eigenvalue weighted by Gasteiger charge is 2.30. The lowest BCUT2D eigenvalue weighted by atomic mass is 10.2. The van der Waals surface area contributed by atoms with Crippen LogP contribution in [-0.2, 0) is 9.59 Å². The lowest BCUT2D eigenvalue weighted by Gasteiger charge is -2.26. The predicted molar refractivity (Wildman–Crippen MR) is 54.1 cm³/mol. The van der Waals surface area contributed by atoms with E-state index in [1.54, 1.807) is 7.05 Å². The first kappa shape index (κ1) is 11.9. The van der Waals surface area contributed by atoms with Gasteiger partial charge in [0.2, 0.25) is 11.8 Å². The average molecular weight is 215 g/mol. The SMILES string of the molecule is CC(=O)NCC(=O)N(C)[C@H]1CNC[C@@H]1O. The van der Waals surface area contributed by atoms with Gasteiger partial charge in [0.1, 0.15) is 0 Å². The minimum atomic E-state index is -0.531. The number of nitrogens with zero attached hydrogens (tertiary/aromatic N) is 1. The van der Waals surface area contributed by atoms with Crippen LogP contribution in [0.3, 0.4) is 0 Å². The van der Waals surface area contributed by atoms with E-state index >= 15 is 0 Å². The second-order valence-corrected chi connectivity index (χ2v) is 3.71. The van der Waals surface area contributed by atoms with Gasteiger partial charge >= 0.3 is 0 Å². The number of hydrogen-bond acceptors (Lipinski definition) is 4. The summed E-state index contributed by atoms with van der Waals surface area (Å²) in [5, 5.41) is 15.0. The van der Waals surface area contributed by atoms with Gasteiger partial charge in [-0.05, 0) is 0 Å². The van der Waals surface area contributed by atoms with E-state index in [0.29, 0.717) is 13.1 Å². The van der Waals surface area contributed by atoms with Gasteiger partial charge in [0.25, 0.3) is 0 Å². The summed E-state index contributed by atoms with van der Waals surface area (Å²) in [7, 11) is 1.63. The molecule has 6 heteroatoms. The van der Waals surface area contributed by atoms with Crippen LogP contribution in [0.1, 0.15) is 6.92 Å². The second kappa shape index (κ2) is 5.09. The van der Waals surface area contributed by atoms with Gasteiger partial charge in [-0.25, -0.2) is 0 Å². The Morgan fingerprint density at radius 2 is 2.20 bits per heavy atom. The third-order valence-electron chi connectivity index (χ3n) is 2.53. The van der Waals surface area contributed by atoms with E-state index in [9.17, 15) is 14.7 Å². The van der Waals surface area contributed by atoms with Crippen molar-refractivity contribution in [3.63, 3.8) is 0 Å². The summed E-state index contributed by atoms with van der Waals surface area (Å²) in [4.78, 5) is 23.6. The fraction of sp³-hybridized carbons (Fsp3) is 0.778. The normalized spacial score (nSPS) is 25.0. The molecule has 1 aliphatic heterocycles. The zero-order valence-corrected chi connectivity index (χ0v) is 8.99. The maximum atomic E-state index is 11.6. The Balaban J connectivity index is 2.41. The molecule has 1 aliphatic rings. The van der Waals surface area contributed by atoms with E-state index < -0.39 is 6.10 Å². The molecule has 0 bridgehead atoms. The summed E-state index contributed by atoms with van der Waals surface area (Å²) in [5.74, 6) is -0.431. The number of aliphatic hydroxyl groups excluding tert-OH is 1. The van der Waals surface area contributed by atoms with Gasteiger partial charge in [-0.3, -0.25) is 9.59 Å². The number of carbonyl (C=O) groups excluding carboxylic acids is 2. The summed E-state index contributed by atoms with van der Waals surface area (Å²) < 4.78 is 0. The van der Waals surface area contributed by atoms with Crippen LogP contribution in [-0.4, -0.2) is 60.6 Å². The first-order valence-electron chi connectivity index (χ1n) is 4.91. The molecule has 6 nitrogen and oxygen atoms in total. The van der Waals surface area contributed by atoms with Gasteiger partial charge in [0.15, 0.2) is 0 Å². The van der Waals surface area contributed by atoms with Crippen molar-refractivity contribution in [3.8, 4) is 0 Å². The molecule has 2 atom stereocenters. The fourth-order valence-electron chi connectivity index (χ4n) is 1.56. The van der Waals surface area contributed by atoms with E-state index in [1.165, 1.54) is 11.8 Å². The van der Waals surface area contributed by atoms with Crippen molar-refractivity contribution in [3.05, 3.63) is 0 Å².